The maximum absolute atomic E-state index is 12.5. The molecule has 22 heavy (non-hydrogen) atoms. The van der Waals surface area contributed by atoms with Crippen LogP contribution in [0.2, 0.25) is 0 Å². The van der Waals surface area contributed by atoms with E-state index in [2.05, 4.69) is 10.3 Å². The second-order valence-electron chi connectivity index (χ2n) is 5.43. The Morgan fingerprint density at radius 3 is 2.86 bits per heavy atom. The van der Waals surface area contributed by atoms with Crippen molar-refractivity contribution in [1.29, 1.82) is 0 Å². The van der Waals surface area contributed by atoms with Gasteiger partial charge in [-0.05, 0) is 37.1 Å². The van der Waals surface area contributed by atoms with Crippen molar-refractivity contribution in [2.24, 2.45) is 5.92 Å². The van der Waals surface area contributed by atoms with E-state index in [9.17, 15) is 9.59 Å². The lowest BCUT2D eigenvalue weighted by atomic mass is 10.3. The summed E-state index contributed by atoms with van der Waals surface area (Å²) < 4.78 is 0. The van der Waals surface area contributed by atoms with Gasteiger partial charge in [-0.2, -0.15) is 0 Å². The van der Waals surface area contributed by atoms with Crippen molar-refractivity contribution in [3.63, 3.8) is 0 Å². The highest BCUT2D eigenvalue weighted by Gasteiger charge is 2.29. The maximum atomic E-state index is 12.5. The summed E-state index contributed by atoms with van der Waals surface area (Å²) in [6.45, 7) is 2.67. The number of amides is 2. The lowest BCUT2D eigenvalue weighted by Crippen LogP contribution is -2.39. The quantitative estimate of drug-likeness (QED) is 0.883. The molecule has 0 spiro atoms. The molecule has 0 bridgehead atoms. The maximum Gasteiger partial charge on any atom is 0.264 e. The molecular weight excluding hydrogens is 318 g/mol. The minimum absolute atomic E-state index is 0.0626. The third-order valence-electron chi connectivity index (χ3n) is 3.40. The fraction of sp³-hybridized carbons (Fsp3) is 0.400. The minimum atomic E-state index is -0.195. The summed E-state index contributed by atoms with van der Waals surface area (Å²) in [5.41, 5.74) is 0. The van der Waals surface area contributed by atoms with Gasteiger partial charge >= 0.3 is 0 Å². The van der Waals surface area contributed by atoms with E-state index in [1.165, 1.54) is 22.7 Å². The van der Waals surface area contributed by atoms with Crippen LogP contribution in [0.15, 0.2) is 23.7 Å². The topological polar surface area (TPSA) is 62.3 Å². The summed E-state index contributed by atoms with van der Waals surface area (Å²) >= 11 is 2.84. The number of hydrogen-bond acceptors (Lipinski definition) is 5. The molecule has 2 aromatic rings. The number of carbonyl (C=O) groups excluding carboxylic acids is 2. The minimum Gasteiger partial charge on any atom is -0.328 e. The third kappa shape index (κ3) is 3.92. The van der Waals surface area contributed by atoms with Gasteiger partial charge in [0, 0.05) is 17.6 Å². The molecule has 1 fully saturated rings. The predicted octanol–water partition coefficient (Wildman–Crippen LogP) is 3.00. The Morgan fingerprint density at radius 2 is 2.27 bits per heavy atom. The van der Waals surface area contributed by atoms with Crippen LogP contribution in [0, 0.1) is 12.8 Å². The van der Waals surface area contributed by atoms with Gasteiger partial charge in [0.15, 0.2) is 5.13 Å². The van der Waals surface area contributed by atoms with Crippen LogP contribution in [0.1, 0.15) is 27.4 Å². The molecule has 5 nitrogen and oxygen atoms in total. The van der Waals surface area contributed by atoms with Crippen molar-refractivity contribution in [3.8, 4) is 0 Å². The first-order valence-electron chi connectivity index (χ1n) is 7.17. The largest absolute Gasteiger partial charge is 0.328 e. The van der Waals surface area contributed by atoms with Crippen LogP contribution in [0.5, 0.6) is 0 Å². The molecule has 0 saturated heterocycles. The first kappa shape index (κ1) is 15.2. The molecule has 1 saturated carbocycles. The first-order valence-corrected chi connectivity index (χ1v) is 8.86. The molecule has 0 aliphatic heterocycles. The zero-order chi connectivity index (χ0) is 15.5. The van der Waals surface area contributed by atoms with Gasteiger partial charge in [0.2, 0.25) is 5.91 Å². The smallest absolute Gasteiger partial charge is 0.264 e. The van der Waals surface area contributed by atoms with Gasteiger partial charge < -0.3 is 10.2 Å². The van der Waals surface area contributed by atoms with E-state index in [4.69, 9.17) is 0 Å². The van der Waals surface area contributed by atoms with Crippen LogP contribution in [0.25, 0.3) is 0 Å². The molecule has 116 valence electrons. The van der Waals surface area contributed by atoms with Crippen molar-refractivity contribution >= 4 is 39.6 Å². The van der Waals surface area contributed by atoms with Gasteiger partial charge in [0.1, 0.15) is 6.54 Å². The SMILES string of the molecule is Cc1cnc(NC(=O)CN(CC2CC2)C(=O)c2cccs2)s1. The summed E-state index contributed by atoms with van der Waals surface area (Å²) in [7, 11) is 0. The van der Waals surface area contributed by atoms with Gasteiger partial charge in [-0.15, -0.1) is 22.7 Å². The summed E-state index contributed by atoms with van der Waals surface area (Å²) in [6, 6.07) is 3.65. The van der Waals surface area contributed by atoms with E-state index in [-0.39, 0.29) is 18.4 Å². The molecule has 1 N–H and O–H groups in total. The Labute approximate surface area is 137 Å². The van der Waals surface area contributed by atoms with Crippen molar-refractivity contribution in [3.05, 3.63) is 33.5 Å². The lowest BCUT2D eigenvalue weighted by Gasteiger charge is -2.21. The van der Waals surface area contributed by atoms with Gasteiger partial charge in [-0.1, -0.05) is 6.07 Å². The Hall–Kier alpha value is -1.73. The summed E-state index contributed by atoms with van der Waals surface area (Å²) in [6.07, 6.45) is 4.00. The van der Waals surface area contributed by atoms with Gasteiger partial charge in [0.25, 0.3) is 5.91 Å². The lowest BCUT2D eigenvalue weighted by molar-refractivity contribution is -0.116. The van der Waals surface area contributed by atoms with Crippen molar-refractivity contribution in [2.75, 3.05) is 18.4 Å². The van der Waals surface area contributed by atoms with Gasteiger partial charge in [-0.3, -0.25) is 9.59 Å². The first-order chi connectivity index (χ1) is 10.6. The van der Waals surface area contributed by atoms with Crippen LogP contribution in [-0.4, -0.2) is 34.8 Å². The second kappa shape index (κ2) is 6.58. The average Bonchev–Trinajstić information content (AvgIpc) is 2.97. The second-order valence-corrected chi connectivity index (χ2v) is 7.61. The van der Waals surface area contributed by atoms with Crippen molar-refractivity contribution in [1.82, 2.24) is 9.88 Å². The van der Waals surface area contributed by atoms with E-state index >= 15 is 0 Å². The highest BCUT2D eigenvalue weighted by molar-refractivity contribution is 7.15. The molecule has 0 aromatic carbocycles. The highest BCUT2D eigenvalue weighted by Crippen LogP contribution is 2.30. The average molecular weight is 335 g/mol. The molecule has 2 amide bonds. The number of rotatable bonds is 6. The number of aromatic nitrogens is 1. The molecule has 2 heterocycles. The Morgan fingerprint density at radius 1 is 1.45 bits per heavy atom. The highest BCUT2D eigenvalue weighted by atomic mass is 32.1. The Balaban J connectivity index is 1.64. The Kier molecular flexibility index (Phi) is 4.54. The number of aryl methyl sites for hydroxylation is 1. The molecule has 0 unspecified atom stereocenters. The third-order valence-corrected chi connectivity index (χ3v) is 5.08. The number of carbonyl (C=O) groups is 2. The fourth-order valence-corrected chi connectivity index (χ4v) is 3.50. The number of hydrogen-bond donors (Lipinski definition) is 1. The van der Waals surface area contributed by atoms with Crippen molar-refractivity contribution < 1.29 is 9.59 Å². The van der Waals surface area contributed by atoms with Crippen LogP contribution < -0.4 is 5.32 Å². The zero-order valence-corrected chi connectivity index (χ0v) is 13.9. The van der Waals surface area contributed by atoms with Crippen LogP contribution in [-0.2, 0) is 4.79 Å². The zero-order valence-electron chi connectivity index (χ0n) is 12.2. The van der Waals surface area contributed by atoms with E-state index in [1.807, 2.05) is 18.4 Å². The number of thiophene rings is 1. The number of nitrogens with one attached hydrogen (secondary N) is 1. The van der Waals surface area contributed by atoms with Crippen LogP contribution >= 0.6 is 22.7 Å². The van der Waals surface area contributed by atoms with E-state index < -0.39 is 0 Å². The molecule has 1 aliphatic rings. The summed E-state index contributed by atoms with van der Waals surface area (Å²) in [5.74, 6) is 0.283. The van der Waals surface area contributed by atoms with Crippen LogP contribution in [0.3, 0.4) is 0 Å². The van der Waals surface area contributed by atoms with Gasteiger partial charge in [-0.25, -0.2) is 4.98 Å². The van der Waals surface area contributed by atoms with Gasteiger partial charge in [0.05, 0.1) is 4.88 Å². The number of nitrogens with zero attached hydrogens (tertiary/aromatic N) is 2. The van der Waals surface area contributed by atoms with E-state index in [0.29, 0.717) is 22.5 Å². The standard InChI is InChI=1S/C15H17N3O2S2/c1-10-7-16-15(22-10)17-13(19)9-18(8-11-4-5-11)14(20)12-3-2-6-21-12/h2-3,6-7,11H,4-5,8-9H2,1H3,(H,16,17,19). The number of thiazole rings is 1. The molecule has 0 atom stereocenters. The summed E-state index contributed by atoms with van der Waals surface area (Å²) in [4.78, 5) is 32.2. The monoisotopic (exact) mass is 335 g/mol. The predicted molar refractivity (Wildman–Crippen MR) is 88.4 cm³/mol. The summed E-state index contributed by atoms with van der Waals surface area (Å²) in [5, 5.41) is 5.22. The normalized spacial score (nSPS) is 13.9. The molecule has 1 aliphatic carbocycles. The van der Waals surface area contributed by atoms with E-state index in [0.717, 1.165) is 17.7 Å². The molecule has 2 aromatic heterocycles. The Bertz CT molecular complexity index is 662. The van der Waals surface area contributed by atoms with E-state index in [1.54, 1.807) is 17.2 Å². The molecular formula is C15H17N3O2S2. The van der Waals surface area contributed by atoms with Crippen molar-refractivity contribution in [2.45, 2.75) is 19.8 Å². The molecule has 3 rings (SSSR count). The fourth-order valence-electron chi connectivity index (χ4n) is 2.13. The number of anilines is 1. The molecule has 7 heteroatoms. The van der Waals surface area contributed by atoms with Crippen LogP contribution in [0.4, 0.5) is 5.13 Å². The molecule has 0 radical (unpaired) electrons.